The van der Waals surface area contributed by atoms with Gasteiger partial charge in [0.05, 0.1) is 6.26 Å². The van der Waals surface area contributed by atoms with E-state index in [9.17, 15) is 8.42 Å². The molecule has 0 aliphatic rings. The van der Waals surface area contributed by atoms with Crippen LogP contribution in [-0.2, 0) is 10.0 Å². The van der Waals surface area contributed by atoms with E-state index >= 15 is 0 Å². The van der Waals surface area contributed by atoms with Crippen LogP contribution in [-0.4, -0.2) is 45.2 Å². The Hall–Kier alpha value is -0.130. The summed E-state index contributed by atoms with van der Waals surface area (Å²) in [4.78, 5) is 0. The molecule has 0 saturated heterocycles. The van der Waals surface area contributed by atoms with Gasteiger partial charge >= 0.3 is 0 Å². The zero-order valence-corrected chi connectivity index (χ0v) is 13.4. The maximum atomic E-state index is 11.3. The Kier molecular flexibility index (Phi) is 8.06. The van der Waals surface area contributed by atoms with Crippen LogP contribution in [0, 0.1) is 5.41 Å². The highest BCUT2D eigenvalue weighted by molar-refractivity contribution is 7.88. The van der Waals surface area contributed by atoms with Crippen LogP contribution in [0.1, 0.15) is 47.0 Å². The van der Waals surface area contributed by atoms with Crippen molar-refractivity contribution in [3.05, 3.63) is 0 Å². The zero-order chi connectivity index (χ0) is 14.2. The Morgan fingerprint density at radius 3 is 2.11 bits per heavy atom. The van der Waals surface area contributed by atoms with Crippen LogP contribution in [0.2, 0.25) is 0 Å². The first kappa shape index (κ1) is 17.9. The molecule has 0 spiro atoms. The van der Waals surface area contributed by atoms with Crippen LogP contribution in [0.4, 0.5) is 0 Å². The summed E-state index contributed by atoms with van der Waals surface area (Å²) < 4.78 is 24.2. The van der Waals surface area contributed by atoms with Gasteiger partial charge in [0.1, 0.15) is 0 Å². The van der Waals surface area contributed by atoms with Crippen LogP contribution in [0.3, 0.4) is 0 Å². The van der Waals surface area contributed by atoms with Gasteiger partial charge < -0.3 is 5.32 Å². The zero-order valence-electron chi connectivity index (χ0n) is 12.6. The van der Waals surface area contributed by atoms with Gasteiger partial charge in [0.2, 0.25) is 10.0 Å². The molecule has 0 aromatic carbocycles. The lowest BCUT2D eigenvalue weighted by molar-refractivity contribution is 0.359. The van der Waals surface area contributed by atoms with Crippen molar-refractivity contribution >= 4 is 10.0 Å². The molecule has 0 saturated carbocycles. The maximum absolute atomic E-state index is 11.3. The molecule has 0 heterocycles. The van der Waals surface area contributed by atoms with E-state index in [1.54, 1.807) is 0 Å². The Morgan fingerprint density at radius 1 is 1.11 bits per heavy atom. The van der Waals surface area contributed by atoms with E-state index in [-0.39, 0.29) is 0 Å². The molecular weight excluding hydrogens is 248 g/mol. The van der Waals surface area contributed by atoms with Gasteiger partial charge in [0.15, 0.2) is 0 Å². The van der Waals surface area contributed by atoms with Crippen molar-refractivity contribution in [3.8, 4) is 0 Å². The van der Waals surface area contributed by atoms with Gasteiger partial charge in [-0.25, -0.2) is 12.7 Å². The molecule has 5 heteroatoms. The second-order valence-electron chi connectivity index (χ2n) is 6.02. The Morgan fingerprint density at radius 2 is 1.67 bits per heavy atom. The van der Waals surface area contributed by atoms with Gasteiger partial charge in [-0.15, -0.1) is 0 Å². The van der Waals surface area contributed by atoms with Gasteiger partial charge in [-0.2, -0.15) is 0 Å². The molecule has 110 valence electrons. The lowest BCUT2D eigenvalue weighted by atomic mass is 9.91. The topological polar surface area (TPSA) is 49.4 Å². The first-order valence-corrected chi connectivity index (χ1v) is 8.67. The molecule has 0 rings (SSSR count). The fourth-order valence-corrected chi connectivity index (χ4v) is 2.74. The molecule has 0 bridgehead atoms. The largest absolute Gasteiger partial charge is 0.317 e. The number of nitrogens with zero attached hydrogens (tertiary/aromatic N) is 1. The lowest BCUT2D eigenvalue weighted by Gasteiger charge is -2.19. The number of hydrogen-bond acceptors (Lipinski definition) is 3. The van der Waals surface area contributed by atoms with E-state index in [1.807, 2.05) is 6.92 Å². The normalized spacial score (nSPS) is 13.2. The average Bonchev–Trinajstić information content (AvgIpc) is 2.18. The summed E-state index contributed by atoms with van der Waals surface area (Å²) in [5.74, 6) is 0. The minimum atomic E-state index is -3.03. The predicted molar refractivity (Wildman–Crippen MR) is 78.3 cm³/mol. The summed E-state index contributed by atoms with van der Waals surface area (Å²) in [6.45, 7) is 11.7. The van der Waals surface area contributed by atoms with Gasteiger partial charge in [-0.3, -0.25) is 0 Å². The van der Waals surface area contributed by atoms with Crippen LogP contribution < -0.4 is 5.32 Å². The summed E-state index contributed by atoms with van der Waals surface area (Å²) in [5.41, 5.74) is 0.400. The molecule has 0 atom stereocenters. The molecule has 1 N–H and O–H groups in total. The molecule has 0 unspecified atom stereocenters. The molecule has 0 aliphatic carbocycles. The summed E-state index contributed by atoms with van der Waals surface area (Å²) in [7, 11) is -3.03. The van der Waals surface area contributed by atoms with Crippen LogP contribution in [0.15, 0.2) is 0 Å². The second kappa shape index (κ2) is 8.12. The van der Waals surface area contributed by atoms with Crippen molar-refractivity contribution < 1.29 is 8.42 Å². The molecule has 0 aliphatic heterocycles. The number of hydrogen-bond donors (Lipinski definition) is 1. The summed E-state index contributed by atoms with van der Waals surface area (Å²) >= 11 is 0. The van der Waals surface area contributed by atoms with E-state index < -0.39 is 10.0 Å². The van der Waals surface area contributed by atoms with Crippen LogP contribution >= 0.6 is 0 Å². The van der Waals surface area contributed by atoms with Crippen molar-refractivity contribution in [2.75, 3.05) is 32.4 Å². The van der Waals surface area contributed by atoms with Crippen molar-refractivity contribution in [1.29, 1.82) is 0 Å². The lowest BCUT2D eigenvalue weighted by Crippen LogP contribution is -2.32. The van der Waals surface area contributed by atoms with E-state index in [4.69, 9.17) is 0 Å². The third-order valence-corrected chi connectivity index (χ3v) is 4.24. The number of rotatable bonds is 9. The number of sulfonamides is 1. The summed E-state index contributed by atoms with van der Waals surface area (Å²) in [5, 5.41) is 3.37. The van der Waals surface area contributed by atoms with E-state index in [0.29, 0.717) is 18.5 Å². The highest BCUT2D eigenvalue weighted by Crippen LogP contribution is 2.19. The SMILES string of the molecule is CCN(CCCNCCCC(C)(C)C)S(C)(=O)=O. The average molecular weight is 278 g/mol. The Labute approximate surface area is 113 Å². The third-order valence-electron chi connectivity index (χ3n) is 2.86. The highest BCUT2D eigenvalue weighted by atomic mass is 32.2. The highest BCUT2D eigenvalue weighted by Gasteiger charge is 2.13. The smallest absolute Gasteiger partial charge is 0.211 e. The molecule has 0 amide bonds. The van der Waals surface area contributed by atoms with Crippen LogP contribution in [0.25, 0.3) is 0 Å². The Balaban J connectivity index is 3.57. The van der Waals surface area contributed by atoms with E-state index in [0.717, 1.165) is 19.5 Å². The van der Waals surface area contributed by atoms with Crippen molar-refractivity contribution in [2.45, 2.75) is 47.0 Å². The van der Waals surface area contributed by atoms with E-state index in [2.05, 4.69) is 26.1 Å². The monoisotopic (exact) mass is 278 g/mol. The molecule has 0 aromatic heterocycles. The molecule has 4 nitrogen and oxygen atoms in total. The first-order valence-electron chi connectivity index (χ1n) is 6.82. The molecular formula is C13H30N2O2S. The van der Waals surface area contributed by atoms with Gasteiger partial charge in [0, 0.05) is 13.1 Å². The first-order chi connectivity index (χ1) is 8.17. The molecule has 18 heavy (non-hydrogen) atoms. The van der Waals surface area contributed by atoms with Crippen molar-refractivity contribution in [2.24, 2.45) is 5.41 Å². The maximum Gasteiger partial charge on any atom is 0.211 e. The van der Waals surface area contributed by atoms with Crippen molar-refractivity contribution in [1.82, 2.24) is 9.62 Å². The quantitative estimate of drug-likeness (QED) is 0.657. The van der Waals surface area contributed by atoms with E-state index in [1.165, 1.54) is 23.4 Å². The van der Waals surface area contributed by atoms with Crippen LogP contribution in [0.5, 0.6) is 0 Å². The standard InChI is InChI=1S/C13H30N2O2S/c1-6-15(18(5,16)17)12-8-11-14-10-7-9-13(2,3)4/h14H,6-12H2,1-5H3. The summed E-state index contributed by atoms with van der Waals surface area (Å²) in [6, 6.07) is 0. The Bertz CT molecular complexity index is 307. The molecule has 0 radical (unpaired) electrons. The fraction of sp³-hybridized carbons (Fsp3) is 1.00. The molecule has 0 aromatic rings. The third kappa shape index (κ3) is 9.85. The minimum absolute atomic E-state index is 0.400. The van der Waals surface area contributed by atoms with Crippen molar-refractivity contribution in [3.63, 3.8) is 0 Å². The van der Waals surface area contributed by atoms with Gasteiger partial charge in [-0.05, 0) is 37.8 Å². The predicted octanol–water partition coefficient (Wildman–Crippen LogP) is 2.07. The minimum Gasteiger partial charge on any atom is -0.317 e. The summed E-state index contributed by atoms with van der Waals surface area (Å²) in [6.07, 6.45) is 4.53. The van der Waals surface area contributed by atoms with Gasteiger partial charge in [-0.1, -0.05) is 27.7 Å². The fourth-order valence-electron chi connectivity index (χ4n) is 1.81. The van der Waals surface area contributed by atoms with Gasteiger partial charge in [0.25, 0.3) is 0 Å². The molecule has 0 fully saturated rings. The second-order valence-corrected chi connectivity index (χ2v) is 8.00. The number of nitrogens with one attached hydrogen (secondary N) is 1.